The quantitative estimate of drug-likeness (QED) is 0.165. The maximum atomic E-state index is 7.04. The van der Waals surface area contributed by atoms with Gasteiger partial charge in [-0.2, -0.15) is 0 Å². The Bertz CT molecular complexity index is 2680. The zero-order chi connectivity index (χ0) is 38.5. The van der Waals surface area contributed by atoms with E-state index in [0.29, 0.717) is 0 Å². The van der Waals surface area contributed by atoms with Gasteiger partial charge in [-0.15, -0.1) is 0 Å². The average Bonchev–Trinajstić information content (AvgIpc) is 3.31. The van der Waals surface area contributed by atoms with Crippen LogP contribution in [0.1, 0.15) is 0 Å². The molecule has 0 unspecified atom stereocenters. The Morgan fingerprint density at radius 2 is 0.586 bits per heavy atom. The number of nitrogens with zero attached hydrogens (tertiary/aromatic N) is 1. The predicted octanol–water partition coefficient (Wildman–Crippen LogP) is 7.38. The summed E-state index contributed by atoms with van der Waals surface area (Å²) in [4.78, 5) is 5.50. The molecule has 0 aliphatic carbocycles. The van der Waals surface area contributed by atoms with Gasteiger partial charge in [-0.3, -0.25) is 0 Å². The van der Waals surface area contributed by atoms with Gasteiger partial charge in [0.2, 0.25) is 0 Å². The Morgan fingerprint density at radius 3 is 0.966 bits per heavy atom. The molecule has 3 heterocycles. The molecule has 0 saturated heterocycles. The van der Waals surface area contributed by atoms with Crippen molar-refractivity contribution < 1.29 is 9.47 Å². The molecule has 0 spiro atoms. The van der Waals surface area contributed by atoms with Gasteiger partial charge in [0, 0.05) is 11.1 Å². The van der Waals surface area contributed by atoms with Crippen molar-refractivity contribution in [1.82, 2.24) is 4.98 Å². The molecular weight excluding hydrogens is 739 g/mol. The molecule has 0 bridgehead atoms. The molecule has 3 nitrogen and oxygen atoms in total. The van der Waals surface area contributed by atoms with Crippen molar-refractivity contribution in [2.75, 3.05) is 0 Å². The van der Waals surface area contributed by atoms with Crippen LogP contribution in [-0.2, 0) is 0 Å². The number of benzene rings is 8. The molecule has 1 aromatic heterocycles. The highest BCUT2D eigenvalue weighted by Gasteiger charge is 2.50. The Kier molecular flexibility index (Phi) is 8.17. The maximum Gasteiger partial charge on any atom is 0.188 e. The molecule has 9 aromatic rings. The minimum atomic E-state index is -2.82. The van der Waals surface area contributed by atoms with E-state index in [1.165, 1.54) is 41.5 Å². The van der Waals surface area contributed by atoms with Crippen LogP contribution >= 0.6 is 0 Å². The highest BCUT2D eigenvalue weighted by atomic mass is 28.3. The summed E-state index contributed by atoms with van der Waals surface area (Å²) in [6.07, 6.45) is 0. The van der Waals surface area contributed by atoms with Crippen molar-refractivity contribution in [3.05, 3.63) is 224 Å². The molecule has 2 aliphatic heterocycles. The van der Waals surface area contributed by atoms with E-state index in [-0.39, 0.29) is 0 Å². The summed E-state index contributed by atoms with van der Waals surface area (Å²) < 4.78 is 14.1. The fourth-order valence-corrected chi connectivity index (χ4v) is 19.5. The number of aromatic nitrogens is 1. The largest absolute Gasteiger partial charge is 0.457 e. The van der Waals surface area contributed by atoms with Crippen LogP contribution in [0.15, 0.2) is 224 Å². The second-order valence-corrected chi connectivity index (χ2v) is 22.4. The molecule has 11 rings (SSSR count). The summed E-state index contributed by atoms with van der Waals surface area (Å²) in [5, 5.41) is 10.2. The second-order valence-electron chi connectivity index (χ2n) is 14.9. The fraction of sp³-hybridized carbons (Fsp3) is 0. The van der Waals surface area contributed by atoms with Gasteiger partial charge in [-0.1, -0.05) is 188 Å². The van der Waals surface area contributed by atoms with Gasteiger partial charge in [0.1, 0.15) is 23.0 Å². The molecule has 2 aliphatic rings. The minimum Gasteiger partial charge on any atom is -0.457 e. The molecule has 274 valence electrons. The van der Waals surface area contributed by atoms with Gasteiger partial charge >= 0.3 is 0 Å². The lowest BCUT2D eigenvalue weighted by atomic mass is 10.1. The third-order valence-corrected chi connectivity index (χ3v) is 21.6. The average molecular weight is 776 g/mol. The summed E-state index contributed by atoms with van der Waals surface area (Å²) in [5.41, 5.74) is 3.62. The van der Waals surface area contributed by atoms with Crippen molar-refractivity contribution in [2.24, 2.45) is 0 Å². The van der Waals surface area contributed by atoms with Crippen LogP contribution in [0.4, 0.5) is 0 Å². The summed E-state index contributed by atoms with van der Waals surface area (Å²) in [5.74, 6) is 3.52. The van der Waals surface area contributed by atoms with Gasteiger partial charge < -0.3 is 9.47 Å². The molecule has 58 heavy (non-hydrogen) atoms. The monoisotopic (exact) mass is 775 g/mol. The zero-order valence-electron chi connectivity index (χ0n) is 31.6. The highest BCUT2D eigenvalue weighted by molar-refractivity contribution is 7.21. The minimum absolute atomic E-state index is 0.848. The first-order chi connectivity index (χ1) is 28.8. The van der Waals surface area contributed by atoms with Gasteiger partial charge in [-0.25, -0.2) is 4.98 Å². The van der Waals surface area contributed by atoms with Crippen molar-refractivity contribution in [3.8, 4) is 45.5 Å². The number of rotatable bonds is 6. The maximum absolute atomic E-state index is 7.04. The summed E-state index contributed by atoms with van der Waals surface area (Å²) in [7, 11) is -5.64. The van der Waals surface area contributed by atoms with Crippen molar-refractivity contribution in [2.45, 2.75) is 0 Å². The number of hydrogen-bond acceptors (Lipinski definition) is 3. The first kappa shape index (κ1) is 34.2. The molecule has 0 fully saturated rings. The van der Waals surface area contributed by atoms with E-state index in [9.17, 15) is 0 Å². The smallest absolute Gasteiger partial charge is 0.188 e. The lowest BCUT2D eigenvalue weighted by Gasteiger charge is -2.40. The number of para-hydroxylation sites is 4. The lowest BCUT2D eigenvalue weighted by Crippen LogP contribution is -2.76. The third kappa shape index (κ3) is 5.07. The number of hydrogen-bond donors (Lipinski definition) is 0. The Hall–Kier alpha value is -7.06. The van der Waals surface area contributed by atoms with Crippen LogP contribution in [0.2, 0.25) is 0 Å². The van der Waals surface area contributed by atoms with Crippen LogP contribution in [0.25, 0.3) is 22.5 Å². The first-order valence-corrected chi connectivity index (χ1v) is 23.8. The molecule has 0 saturated carbocycles. The molecule has 8 aromatic carbocycles. The topological polar surface area (TPSA) is 31.4 Å². The van der Waals surface area contributed by atoms with Crippen molar-refractivity contribution in [3.63, 3.8) is 0 Å². The van der Waals surface area contributed by atoms with Gasteiger partial charge in [-0.05, 0) is 77.9 Å². The predicted molar refractivity (Wildman–Crippen MR) is 242 cm³/mol. The van der Waals surface area contributed by atoms with Crippen LogP contribution in [0, 0.1) is 0 Å². The van der Waals surface area contributed by atoms with E-state index < -0.39 is 16.1 Å². The van der Waals surface area contributed by atoms with E-state index in [4.69, 9.17) is 14.5 Å². The normalized spacial score (nSPS) is 14.1. The Morgan fingerprint density at radius 1 is 0.276 bits per heavy atom. The lowest BCUT2D eigenvalue weighted by molar-refractivity contribution is 0.488. The van der Waals surface area contributed by atoms with E-state index in [1.54, 1.807) is 0 Å². The molecule has 0 radical (unpaired) electrons. The first-order valence-electron chi connectivity index (χ1n) is 19.8. The number of pyridine rings is 1. The van der Waals surface area contributed by atoms with Gasteiger partial charge in [0.25, 0.3) is 0 Å². The highest BCUT2D eigenvalue weighted by Crippen LogP contribution is 2.40. The van der Waals surface area contributed by atoms with Crippen LogP contribution in [0.5, 0.6) is 23.0 Å². The Labute approximate surface area is 340 Å². The van der Waals surface area contributed by atoms with Crippen LogP contribution < -0.4 is 51.0 Å². The van der Waals surface area contributed by atoms with E-state index in [2.05, 4.69) is 224 Å². The molecule has 0 N–H and O–H groups in total. The molecular formula is C53H37NO2Si2. The van der Waals surface area contributed by atoms with Gasteiger partial charge in [0.15, 0.2) is 16.1 Å². The standard InChI is InChI=1S/C53H37NO2Si2/c1-5-20-38(21-6-1)57(39-22-7-2-8-23-39)48-34-15-13-32-46(48)55-52-42(28-17-36-50(52)57)44-30-19-31-45(54-44)43-29-18-37-51-53(43)56-47-33-14-16-35-49(47)58(51,40-24-9-3-10-25-40)41-26-11-4-12-27-41/h1-37H. The number of fused-ring (bicyclic) bond motifs is 4. The second kappa shape index (κ2) is 13.8. The summed E-state index contributed by atoms with van der Waals surface area (Å²) >= 11 is 0. The zero-order valence-corrected chi connectivity index (χ0v) is 33.6. The van der Waals surface area contributed by atoms with Crippen molar-refractivity contribution >= 4 is 57.6 Å². The fourth-order valence-electron chi connectivity index (χ4n) is 9.59. The third-order valence-electron chi connectivity index (χ3n) is 12.0. The van der Waals surface area contributed by atoms with Crippen molar-refractivity contribution in [1.29, 1.82) is 0 Å². The van der Waals surface area contributed by atoms with E-state index >= 15 is 0 Å². The van der Waals surface area contributed by atoms with E-state index in [1.807, 2.05) is 0 Å². The summed E-state index contributed by atoms with van der Waals surface area (Å²) in [6.45, 7) is 0. The summed E-state index contributed by atoms with van der Waals surface area (Å²) in [6, 6.07) is 80.8. The molecule has 0 amide bonds. The van der Waals surface area contributed by atoms with Gasteiger partial charge in [0.05, 0.1) is 11.4 Å². The Balaban J connectivity index is 1.13. The molecule has 5 heteroatoms. The number of ether oxygens (including phenoxy) is 2. The van der Waals surface area contributed by atoms with Crippen LogP contribution in [-0.4, -0.2) is 21.1 Å². The molecule has 0 atom stereocenters. The van der Waals surface area contributed by atoms with Crippen LogP contribution in [0.3, 0.4) is 0 Å². The SMILES string of the molecule is c1ccc([Si]2(c3ccccc3)c3ccccc3Oc3c(-c4cccc(-c5cccc6c5Oc5ccccc5[Si]6(c5ccccc5)c5ccccc5)n4)cccc32)cc1. The van der Waals surface area contributed by atoms with E-state index in [0.717, 1.165) is 45.5 Å².